The van der Waals surface area contributed by atoms with Crippen LogP contribution >= 0.6 is 0 Å². The van der Waals surface area contributed by atoms with Gasteiger partial charge in [-0.15, -0.1) is 0 Å². The molecule has 9 aromatic rings. The van der Waals surface area contributed by atoms with Crippen molar-refractivity contribution < 1.29 is 8.83 Å². The van der Waals surface area contributed by atoms with E-state index in [0.717, 1.165) is 72.7 Å². The van der Waals surface area contributed by atoms with Crippen LogP contribution in [0.25, 0.3) is 77.9 Å². The van der Waals surface area contributed by atoms with Crippen LogP contribution in [0, 0.1) is 0 Å². The predicted molar refractivity (Wildman–Crippen MR) is 191 cm³/mol. The summed E-state index contributed by atoms with van der Waals surface area (Å²) in [6.07, 6.45) is 0. The Bertz CT molecular complexity index is 2570. The van der Waals surface area contributed by atoms with E-state index in [4.69, 9.17) is 13.8 Å². The highest BCUT2D eigenvalue weighted by Crippen LogP contribution is 2.49. The Kier molecular flexibility index (Phi) is 5.54. The second-order valence-electron chi connectivity index (χ2n) is 12.0. The summed E-state index contributed by atoms with van der Waals surface area (Å²) in [6, 6.07) is 54.9. The van der Waals surface area contributed by atoms with E-state index in [-0.39, 0.29) is 0 Å². The van der Waals surface area contributed by atoms with E-state index in [9.17, 15) is 0 Å². The van der Waals surface area contributed by atoms with Crippen molar-refractivity contribution in [2.45, 2.75) is 0 Å². The van der Waals surface area contributed by atoms with Crippen molar-refractivity contribution in [1.82, 2.24) is 4.98 Å². The standard InChI is InChI=1S/C43H26N2O2/c1-2-10-27(11-3-1)30-14-6-15-32(26-30)45(36-19-9-21-38-40(36)33-16-4-5-20-37(33)46-38)31-24-22-29(23-25-31)43-44-41-34-17-7-12-28-13-8-18-35(39(28)34)42(41)47-43/h1-26H. The van der Waals surface area contributed by atoms with Crippen molar-refractivity contribution in [2.24, 2.45) is 0 Å². The van der Waals surface area contributed by atoms with Gasteiger partial charge < -0.3 is 13.7 Å². The molecule has 10 rings (SSSR count). The number of nitrogens with zero attached hydrogens (tertiary/aromatic N) is 2. The average Bonchev–Trinajstić information content (AvgIpc) is 3.82. The van der Waals surface area contributed by atoms with Gasteiger partial charge in [0.2, 0.25) is 5.89 Å². The smallest absolute Gasteiger partial charge is 0.227 e. The number of anilines is 3. The summed E-state index contributed by atoms with van der Waals surface area (Å²) in [5, 5.41) is 4.58. The maximum atomic E-state index is 6.48. The summed E-state index contributed by atoms with van der Waals surface area (Å²) in [6.45, 7) is 0. The monoisotopic (exact) mass is 602 g/mol. The Morgan fingerprint density at radius 2 is 1.19 bits per heavy atom. The summed E-state index contributed by atoms with van der Waals surface area (Å²) >= 11 is 0. The quantitative estimate of drug-likeness (QED) is 0.197. The van der Waals surface area contributed by atoms with Gasteiger partial charge in [0.05, 0.1) is 11.1 Å². The van der Waals surface area contributed by atoms with E-state index in [2.05, 4.69) is 138 Å². The lowest BCUT2D eigenvalue weighted by molar-refractivity contribution is 0.590. The van der Waals surface area contributed by atoms with E-state index < -0.39 is 0 Å². The third-order valence-corrected chi connectivity index (χ3v) is 9.24. The molecule has 0 aliphatic heterocycles. The second-order valence-corrected chi connectivity index (χ2v) is 12.0. The number of rotatable bonds is 5. The zero-order valence-corrected chi connectivity index (χ0v) is 25.2. The van der Waals surface area contributed by atoms with Gasteiger partial charge in [0, 0.05) is 38.8 Å². The zero-order chi connectivity index (χ0) is 30.9. The van der Waals surface area contributed by atoms with Gasteiger partial charge in [-0.2, -0.15) is 0 Å². The summed E-state index contributed by atoms with van der Waals surface area (Å²) in [4.78, 5) is 7.32. The van der Waals surface area contributed by atoms with Crippen molar-refractivity contribution in [3.63, 3.8) is 0 Å². The van der Waals surface area contributed by atoms with Crippen LogP contribution in [0.5, 0.6) is 0 Å². The van der Waals surface area contributed by atoms with Crippen LogP contribution in [0.15, 0.2) is 167 Å². The van der Waals surface area contributed by atoms with Crippen LogP contribution in [-0.2, 0) is 0 Å². The molecule has 0 spiro atoms. The van der Waals surface area contributed by atoms with E-state index in [1.165, 1.54) is 16.3 Å². The van der Waals surface area contributed by atoms with E-state index in [1.807, 2.05) is 24.3 Å². The van der Waals surface area contributed by atoms with Crippen LogP contribution in [0.2, 0.25) is 0 Å². The molecule has 0 unspecified atom stereocenters. The number of furan rings is 1. The number of oxazole rings is 1. The molecule has 0 saturated heterocycles. The van der Waals surface area contributed by atoms with Crippen molar-refractivity contribution in [1.29, 1.82) is 0 Å². The number of aromatic nitrogens is 1. The van der Waals surface area contributed by atoms with Gasteiger partial charge in [-0.25, -0.2) is 4.98 Å². The first kappa shape index (κ1) is 25.9. The SMILES string of the molecule is c1ccc(-c2cccc(N(c3ccc(-c4nc5c(o4)-c4cccc6cccc-5c46)cc3)c3cccc4oc5ccccc5c34)c2)cc1. The van der Waals surface area contributed by atoms with E-state index >= 15 is 0 Å². The number of hydrogen-bond donors (Lipinski definition) is 0. The summed E-state index contributed by atoms with van der Waals surface area (Å²) in [5.41, 5.74) is 11.2. The Labute approximate surface area is 270 Å². The largest absolute Gasteiger partial charge is 0.456 e. The molecule has 0 fully saturated rings. The molecule has 2 heterocycles. The Balaban J connectivity index is 1.12. The molecule has 1 aliphatic rings. The number of para-hydroxylation sites is 1. The van der Waals surface area contributed by atoms with Gasteiger partial charge >= 0.3 is 0 Å². The number of hydrogen-bond acceptors (Lipinski definition) is 4. The fraction of sp³-hybridized carbons (Fsp3) is 0. The molecule has 0 radical (unpaired) electrons. The Hall–Kier alpha value is -6.39. The lowest BCUT2D eigenvalue weighted by Gasteiger charge is -2.27. The summed E-state index contributed by atoms with van der Waals surface area (Å²) < 4.78 is 12.8. The zero-order valence-electron chi connectivity index (χ0n) is 25.2. The highest BCUT2D eigenvalue weighted by atomic mass is 16.4. The first-order chi connectivity index (χ1) is 23.3. The minimum Gasteiger partial charge on any atom is -0.456 e. The van der Waals surface area contributed by atoms with Crippen LogP contribution in [0.4, 0.5) is 17.1 Å². The van der Waals surface area contributed by atoms with Gasteiger partial charge in [0.15, 0.2) is 5.76 Å². The van der Waals surface area contributed by atoms with Gasteiger partial charge in [-0.1, -0.05) is 103 Å². The normalized spacial score (nSPS) is 11.8. The van der Waals surface area contributed by atoms with Crippen molar-refractivity contribution in [3.8, 4) is 45.2 Å². The average molecular weight is 603 g/mol. The Morgan fingerprint density at radius 3 is 2.06 bits per heavy atom. The van der Waals surface area contributed by atoms with Crippen molar-refractivity contribution in [2.75, 3.05) is 4.90 Å². The molecule has 7 aromatic carbocycles. The molecule has 0 amide bonds. The van der Waals surface area contributed by atoms with Gasteiger partial charge in [-0.05, 0) is 71.1 Å². The molecule has 0 N–H and O–H groups in total. The van der Waals surface area contributed by atoms with E-state index in [0.29, 0.717) is 5.89 Å². The van der Waals surface area contributed by atoms with Crippen LogP contribution in [0.1, 0.15) is 0 Å². The predicted octanol–water partition coefficient (Wildman–Crippen LogP) is 12.2. The molecule has 1 aliphatic carbocycles. The highest BCUT2D eigenvalue weighted by Gasteiger charge is 2.28. The molecule has 47 heavy (non-hydrogen) atoms. The molecule has 220 valence electrons. The number of fused-ring (bicyclic) bond motifs is 6. The third-order valence-electron chi connectivity index (χ3n) is 9.24. The fourth-order valence-corrected chi connectivity index (χ4v) is 7.11. The van der Waals surface area contributed by atoms with Gasteiger partial charge in [0.1, 0.15) is 16.9 Å². The highest BCUT2D eigenvalue weighted by molar-refractivity contribution is 6.14. The third kappa shape index (κ3) is 3.98. The molecule has 0 atom stereocenters. The molecule has 4 heteroatoms. The molecular formula is C43H26N2O2. The van der Waals surface area contributed by atoms with Crippen molar-refractivity contribution in [3.05, 3.63) is 158 Å². The molecule has 0 saturated carbocycles. The first-order valence-corrected chi connectivity index (χ1v) is 15.8. The van der Waals surface area contributed by atoms with Gasteiger partial charge in [-0.3, -0.25) is 0 Å². The topological polar surface area (TPSA) is 42.4 Å². The van der Waals surface area contributed by atoms with Crippen molar-refractivity contribution >= 4 is 49.8 Å². The van der Waals surface area contributed by atoms with Gasteiger partial charge in [0.25, 0.3) is 0 Å². The lowest BCUT2D eigenvalue weighted by atomic mass is 10.0. The summed E-state index contributed by atoms with van der Waals surface area (Å²) in [5.74, 6) is 1.46. The second kappa shape index (κ2) is 10.1. The number of benzene rings is 7. The van der Waals surface area contributed by atoms with Crippen LogP contribution in [-0.4, -0.2) is 4.98 Å². The minimum absolute atomic E-state index is 0.619. The summed E-state index contributed by atoms with van der Waals surface area (Å²) in [7, 11) is 0. The van der Waals surface area contributed by atoms with E-state index in [1.54, 1.807) is 0 Å². The maximum absolute atomic E-state index is 6.48. The minimum atomic E-state index is 0.619. The molecular weight excluding hydrogens is 576 g/mol. The molecule has 4 nitrogen and oxygen atoms in total. The van der Waals surface area contributed by atoms with Crippen LogP contribution in [0.3, 0.4) is 0 Å². The molecule has 0 bridgehead atoms. The Morgan fingerprint density at radius 1 is 0.468 bits per heavy atom. The lowest BCUT2D eigenvalue weighted by Crippen LogP contribution is -2.10. The first-order valence-electron chi connectivity index (χ1n) is 15.8. The fourth-order valence-electron chi connectivity index (χ4n) is 7.11. The maximum Gasteiger partial charge on any atom is 0.227 e. The molecule has 2 aromatic heterocycles. The van der Waals surface area contributed by atoms with Crippen LogP contribution < -0.4 is 4.90 Å².